The lowest BCUT2D eigenvalue weighted by Crippen LogP contribution is -2.28. The molecule has 4 aromatic rings. The van der Waals surface area contributed by atoms with Gasteiger partial charge in [-0.25, -0.2) is 0 Å². The van der Waals surface area contributed by atoms with E-state index in [-0.39, 0.29) is 25.0 Å². The average molecular weight is 591 g/mol. The van der Waals surface area contributed by atoms with Gasteiger partial charge in [0.2, 0.25) is 0 Å². The Kier molecular flexibility index (Phi) is 8.80. The number of thioether (sulfide) groups is 1. The van der Waals surface area contributed by atoms with E-state index in [9.17, 15) is 9.59 Å². The topological polar surface area (TPSA) is 96.5 Å². The van der Waals surface area contributed by atoms with Gasteiger partial charge in [-0.1, -0.05) is 35.4 Å². The minimum absolute atomic E-state index is 0.196. The number of amides is 2. The summed E-state index contributed by atoms with van der Waals surface area (Å²) in [6, 6.07) is 19.9. The average Bonchev–Trinajstić information content (AvgIpc) is 3.70. The summed E-state index contributed by atoms with van der Waals surface area (Å²) in [6.07, 6.45) is 4.86. The quantitative estimate of drug-likeness (QED) is 0.131. The van der Waals surface area contributed by atoms with Crippen LogP contribution < -0.4 is 10.1 Å². The van der Waals surface area contributed by atoms with Crippen molar-refractivity contribution in [2.24, 2.45) is 10.2 Å². The Morgan fingerprint density at radius 1 is 1.15 bits per heavy atom. The van der Waals surface area contributed by atoms with Crippen LogP contribution in [0.2, 0.25) is 5.02 Å². The van der Waals surface area contributed by atoms with E-state index in [4.69, 9.17) is 20.8 Å². The molecule has 2 aromatic carbocycles. The van der Waals surface area contributed by atoms with Gasteiger partial charge in [0.25, 0.3) is 11.8 Å². The molecule has 0 saturated carbocycles. The number of halogens is 1. The number of benzene rings is 2. The van der Waals surface area contributed by atoms with Crippen molar-refractivity contribution in [2.75, 3.05) is 11.9 Å². The van der Waals surface area contributed by atoms with Crippen LogP contribution in [0.15, 0.2) is 97.9 Å². The molecule has 1 aliphatic heterocycles. The van der Waals surface area contributed by atoms with Gasteiger partial charge in [0.15, 0.2) is 11.8 Å². The lowest BCUT2D eigenvalue weighted by Gasteiger charge is -2.13. The minimum Gasteiger partial charge on any atom is -0.483 e. The standard InChI is InChI=1S/C29H23ClN4O4S2/c1-19-6-9-22(10-7-19)32-27(35)18-38-25-11-8-21(30)14-20(25)15-26-28(36)34(17-23-4-2-12-37-23)29(40-26)33-31-16-24-5-3-13-39-24/h2-16H,17-18H2,1H3,(H,32,35)/b26-15-,31-16-,33-29+. The summed E-state index contributed by atoms with van der Waals surface area (Å²) < 4.78 is 11.3. The predicted octanol–water partition coefficient (Wildman–Crippen LogP) is 6.83. The van der Waals surface area contributed by atoms with Gasteiger partial charge in [-0.2, -0.15) is 5.10 Å². The molecule has 3 heterocycles. The van der Waals surface area contributed by atoms with Crippen molar-refractivity contribution in [1.29, 1.82) is 0 Å². The van der Waals surface area contributed by atoms with Gasteiger partial charge in [-0.05, 0) is 78.7 Å². The molecule has 0 bridgehead atoms. The van der Waals surface area contributed by atoms with Crippen molar-refractivity contribution >= 4 is 69.7 Å². The number of carbonyl (C=O) groups excluding carboxylic acids is 2. The third-order valence-electron chi connectivity index (χ3n) is 5.61. The van der Waals surface area contributed by atoms with E-state index in [1.54, 1.807) is 48.9 Å². The normalized spacial score (nSPS) is 15.4. The number of nitrogens with one attached hydrogen (secondary N) is 1. The van der Waals surface area contributed by atoms with Crippen molar-refractivity contribution in [3.63, 3.8) is 0 Å². The molecule has 1 saturated heterocycles. The molecule has 1 fully saturated rings. The molecule has 0 atom stereocenters. The first-order valence-electron chi connectivity index (χ1n) is 12.1. The third-order valence-corrected chi connectivity index (χ3v) is 7.65. The van der Waals surface area contributed by atoms with Crippen LogP contribution >= 0.6 is 34.7 Å². The van der Waals surface area contributed by atoms with Crippen molar-refractivity contribution < 1.29 is 18.7 Å². The minimum atomic E-state index is -0.314. The Bertz CT molecular complexity index is 1580. The fourth-order valence-corrected chi connectivity index (χ4v) is 5.35. The monoisotopic (exact) mass is 590 g/mol. The summed E-state index contributed by atoms with van der Waals surface area (Å²) in [5.74, 6) is 0.431. The largest absolute Gasteiger partial charge is 0.483 e. The number of ether oxygens (including phenoxy) is 1. The van der Waals surface area contributed by atoms with E-state index >= 15 is 0 Å². The van der Waals surface area contributed by atoms with Gasteiger partial charge in [-0.3, -0.25) is 14.5 Å². The Morgan fingerprint density at radius 3 is 2.75 bits per heavy atom. The van der Waals surface area contributed by atoms with Crippen molar-refractivity contribution in [1.82, 2.24) is 4.90 Å². The second kappa shape index (κ2) is 12.8. The summed E-state index contributed by atoms with van der Waals surface area (Å²) >= 11 is 8.99. The molecule has 202 valence electrons. The molecule has 40 heavy (non-hydrogen) atoms. The number of thiophene rings is 1. The number of amidine groups is 1. The van der Waals surface area contributed by atoms with Crippen LogP contribution in [0.3, 0.4) is 0 Å². The lowest BCUT2D eigenvalue weighted by molar-refractivity contribution is -0.122. The Balaban J connectivity index is 1.35. The first-order valence-corrected chi connectivity index (χ1v) is 14.2. The van der Waals surface area contributed by atoms with E-state index in [1.807, 2.05) is 48.7 Å². The van der Waals surface area contributed by atoms with Crippen LogP contribution in [-0.4, -0.2) is 34.7 Å². The van der Waals surface area contributed by atoms with Gasteiger partial charge in [0.1, 0.15) is 11.5 Å². The van der Waals surface area contributed by atoms with Gasteiger partial charge in [0.05, 0.1) is 23.9 Å². The summed E-state index contributed by atoms with van der Waals surface area (Å²) in [5, 5.41) is 14.1. The highest BCUT2D eigenvalue weighted by Gasteiger charge is 2.34. The zero-order valence-corrected chi connectivity index (χ0v) is 23.6. The number of aryl methyl sites for hydroxylation is 1. The summed E-state index contributed by atoms with van der Waals surface area (Å²) in [7, 11) is 0. The van der Waals surface area contributed by atoms with Crippen LogP contribution in [0.4, 0.5) is 5.69 Å². The van der Waals surface area contributed by atoms with Gasteiger partial charge < -0.3 is 14.5 Å². The van der Waals surface area contributed by atoms with Crippen LogP contribution in [0.25, 0.3) is 6.08 Å². The zero-order chi connectivity index (χ0) is 27.9. The number of carbonyl (C=O) groups is 2. The predicted molar refractivity (Wildman–Crippen MR) is 161 cm³/mol. The zero-order valence-electron chi connectivity index (χ0n) is 21.2. The molecular formula is C29H23ClN4O4S2. The van der Waals surface area contributed by atoms with Crippen LogP contribution in [0.5, 0.6) is 5.75 Å². The molecule has 2 aromatic heterocycles. The molecule has 5 rings (SSSR count). The highest BCUT2D eigenvalue weighted by Crippen LogP contribution is 2.36. The molecule has 1 N–H and O–H groups in total. The first-order chi connectivity index (χ1) is 19.4. The maximum Gasteiger partial charge on any atom is 0.267 e. The van der Waals surface area contributed by atoms with E-state index < -0.39 is 0 Å². The molecule has 2 amide bonds. The van der Waals surface area contributed by atoms with E-state index in [2.05, 4.69) is 15.5 Å². The van der Waals surface area contributed by atoms with Crippen LogP contribution in [-0.2, 0) is 16.1 Å². The van der Waals surface area contributed by atoms with Gasteiger partial charge in [0, 0.05) is 21.2 Å². The maximum absolute atomic E-state index is 13.5. The molecule has 11 heteroatoms. The number of nitrogens with zero attached hydrogens (tertiary/aromatic N) is 3. The Hall–Kier alpha value is -4.12. The Labute approximate surface area is 244 Å². The van der Waals surface area contributed by atoms with Crippen LogP contribution in [0, 0.1) is 6.92 Å². The molecular weight excluding hydrogens is 568 g/mol. The fraction of sp³-hybridized carbons (Fsp3) is 0.103. The molecule has 0 radical (unpaired) electrons. The number of furan rings is 1. The van der Waals surface area contributed by atoms with Gasteiger partial charge in [-0.15, -0.1) is 16.4 Å². The maximum atomic E-state index is 13.5. The molecule has 1 aliphatic rings. The lowest BCUT2D eigenvalue weighted by atomic mass is 10.2. The van der Waals surface area contributed by atoms with E-state index in [1.165, 1.54) is 28.0 Å². The van der Waals surface area contributed by atoms with Crippen LogP contribution in [0.1, 0.15) is 21.8 Å². The smallest absolute Gasteiger partial charge is 0.267 e. The first kappa shape index (κ1) is 27.4. The Morgan fingerprint density at radius 2 is 2.00 bits per heavy atom. The van der Waals surface area contributed by atoms with Crippen molar-refractivity contribution in [2.45, 2.75) is 13.5 Å². The van der Waals surface area contributed by atoms with E-state index in [0.717, 1.165) is 10.4 Å². The molecule has 0 aliphatic carbocycles. The second-order valence-electron chi connectivity index (χ2n) is 8.61. The third kappa shape index (κ3) is 7.09. The summed E-state index contributed by atoms with van der Waals surface area (Å²) in [4.78, 5) is 28.8. The highest BCUT2D eigenvalue weighted by atomic mass is 35.5. The van der Waals surface area contributed by atoms with Crippen molar-refractivity contribution in [3.05, 3.63) is 110 Å². The number of hydrogen-bond acceptors (Lipinski definition) is 8. The van der Waals surface area contributed by atoms with Crippen molar-refractivity contribution in [3.8, 4) is 5.75 Å². The summed E-state index contributed by atoms with van der Waals surface area (Å²) in [6.45, 7) is 1.95. The molecule has 0 spiro atoms. The summed E-state index contributed by atoms with van der Waals surface area (Å²) in [5.41, 5.74) is 2.32. The number of rotatable bonds is 9. The van der Waals surface area contributed by atoms with Gasteiger partial charge >= 0.3 is 0 Å². The highest BCUT2D eigenvalue weighted by molar-refractivity contribution is 8.18. The number of hydrogen-bond donors (Lipinski definition) is 1. The molecule has 0 unspecified atom stereocenters. The SMILES string of the molecule is Cc1ccc(NC(=O)COc2ccc(Cl)cc2/C=C2\S/C(=N/N=C\c3cccs3)N(Cc3ccco3)C2=O)cc1. The van der Waals surface area contributed by atoms with E-state index in [0.29, 0.717) is 37.9 Å². The fourth-order valence-electron chi connectivity index (χ4n) is 3.66. The molecule has 8 nitrogen and oxygen atoms in total. The number of anilines is 1. The second-order valence-corrected chi connectivity index (χ2v) is 11.0.